The summed E-state index contributed by atoms with van der Waals surface area (Å²) in [4.78, 5) is 26.9. The Bertz CT molecular complexity index is 653. The predicted octanol–water partition coefficient (Wildman–Crippen LogP) is 2.43. The first kappa shape index (κ1) is 16.5. The van der Waals surface area contributed by atoms with Crippen molar-refractivity contribution in [1.29, 1.82) is 0 Å². The fourth-order valence-electron chi connectivity index (χ4n) is 1.94. The van der Waals surface area contributed by atoms with Crippen molar-refractivity contribution < 1.29 is 14.7 Å². The fraction of sp³-hybridized carbons (Fsp3) is 0.267. The molecule has 5 nitrogen and oxygen atoms in total. The largest absolute Gasteiger partial charge is 0.480 e. The summed E-state index contributed by atoms with van der Waals surface area (Å²) in [5.74, 6) is -1.44. The molecule has 7 heteroatoms. The van der Waals surface area contributed by atoms with Crippen LogP contribution in [0.4, 0.5) is 5.69 Å². The predicted molar refractivity (Wildman–Crippen MR) is 92.9 cm³/mol. The number of rotatable bonds is 4. The lowest BCUT2D eigenvalue weighted by molar-refractivity contribution is -0.144. The molecule has 1 amide bonds. The average molecular weight is 336 g/mol. The van der Waals surface area contributed by atoms with Crippen molar-refractivity contribution in [2.45, 2.75) is 13.0 Å². The quantitative estimate of drug-likeness (QED) is 0.673. The van der Waals surface area contributed by atoms with Gasteiger partial charge in [0.05, 0.1) is 4.91 Å². The number of aliphatic carboxylic acids is 1. The van der Waals surface area contributed by atoms with E-state index in [-0.39, 0.29) is 10.2 Å². The second kappa shape index (κ2) is 6.50. The minimum Gasteiger partial charge on any atom is -0.480 e. The van der Waals surface area contributed by atoms with Gasteiger partial charge in [0.2, 0.25) is 0 Å². The van der Waals surface area contributed by atoms with Crippen molar-refractivity contribution in [2.24, 2.45) is 0 Å². The molecule has 1 saturated heterocycles. The molecule has 0 spiro atoms. The summed E-state index contributed by atoms with van der Waals surface area (Å²) in [6.45, 7) is 1.45. The normalized spacial score (nSPS) is 18.0. The van der Waals surface area contributed by atoms with E-state index in [1.54, 1.807) is 6.08 Å². The number of carboxylic acid groups (broad SMARTS) is 1. The Kier molecular flexibility index (Phi) is 4.87. The zero-order valence-electron chi connectivity index (χ0n) is 12.4. The molecule has 0 aromatic heterocycles. The number of nitrogens with zero attached hydrogens (tertiary/aromatic N) is 2. The minimum atomic E-state index is -1.08. The maximum atomic E-state index is 12.3. The van der Waals surface area contributed by atoms with Gasteiger partial charge in [0.1, 0.15) is 10.4 Å². The van der Waals surface area contributed by atoms with Crippen molar-refractivity contribution in [3.63, 3.8) is 0 Å². The summed E-state index contributed by atoms with van der Waals surface area (Å²) in [5, 5.41) is 9.05. The number of carboxylic acids is 1. The molecule has 1 fully saturated rings. The molecule has 1 N–H and O–H groups in total. The number of thioether (sulfide) groups is 1. The molecular formula is C15H16N2O3S2. The van der Waals surface area contributed by atoms with Crippen LogP contribution in [0.1, 0.15) is 12.5 Å². The van der Waals surface area contributed by atoms with Crippen LogP contribution >= 0.6 is 24.0 Å². The second-order valence-electron chi connectivity index (χ2n) is 5.05. The third-order valence-electron chi connectivity index (χ3n) is 3.28. The molecule has 0 saturated carbocycles. The highest BCUT2D eigenvalue weighted by Gasteiger charge is 2.38. The van der Waals surface area contributed by atoms with E-state index in [1.807, 2.05) is 43.3 Å². The van der Waals surface area contributed by atoms with E-state index < -0.39 is 12.0 Å². The zero-order chi connectivity index (χ0) is 16.4. The van der Waals surface area contributed by atoms with Crippen LogP contribution in [0.15, 0.2) is 29.2 Å². The van der Waals surface area contributed by atoms with Crippen molar-refractivity contribution in [1.82, 2.24) is 4.90 Å². The lowest BCUT2D eigenvalue weighted by Crippen LogP contribution is -2.41. The lowest BCUT2D eigenvalue weighted by Gasteiger charge is -2.18. The monoisotopic (exact) mass is 336 g/mol. The topological polar surface area (TPSA) is 60.9 Å². The number of hydrogen-bond acceptors (Lipinski definition) is 5. The molecule has 0 aliphatic carbocycles. The van der Waals surface area contributed by atoms with Crippen LogP contribution < -0.4 is 4.90 Å². The van der Waals surface area contributed by atoms with Crippen LogP contribution in [-0.4, -0.2) is 46.3 Å². The molecule has 1 unspecified atom stereocenters. The van der Waals surface area contributed by atoms with E-state index in [2.05, 4.69) is 0 Å². The Labute approximate surface area is 138 Å². The van der Waals surface area contributed by atoms with Gasteiger partial charge in [-0.2, -0.15) is 0 Å². The Hall–Kier alpha value is -1.86. The van der Waals surface area contributed by atoms with Gasteiger partial charge in [0, 0.05) is 19.8 Å². The van der Waals surface area contributed by atoms with Gasteiger partial charge in [-0.1, -0.05) is 36.1 Å². The Morgan fingerprint density at radius 1 is 1.36 bits per heavy atom. The number of amides is 1. The van der Waals surface area contributed by atoms with Gasteiger partial charge in [0.15, 0.2) is 0 Å². The van der Waals surface area contributed by atoms with E-state index >= 15 is 0 Å². The van der Waals surface area contributed by atoms with Crippen LogP contribution in [0, 0.1) is 0 Å². The van der Waals surface area contributed by atoms with Crippen molar-refractivity contribution in [3.8, 4) is 0 Å². The maximum absolute atomic E-state index is 12.3. The van der Waals surface area contributed by atoms with Crippen LogP contribution in [-0.2, 0) is 9.59 Å². The van der Waals surface area contributed by atoms with Gasteiger partial charge in [-0.15, -0.1) is 0 Å². The van der Waals surface area contributed by atoms with Gasteiger partial charge in [-0.05, 0) is 30.7 Å². The molecule has 22 heavy (non-hydrogen) atoms. The highest BCUT2D eigenvalue weighted by Crippen LogP contribution is 2.34. The first-order valence-electron chi connectivity index (χ1n) is 6.58. The Morgan fingerprint density at radius 3 is 2.45 bits per heavy atom. The highest BCUT2D eigenvalue weighted by atomic mass is 32.2. The second-order valence-corrected chi connectivity index (χ2v) is 6.73. The maximum Gasteiger partial charge on any atom is 0.326 e. The molecule has 1 aliphatic rings. The number of anilines is 1. The molecule has 1 atom stereocenters. The molecule has 116 valence electrons. The van der Waals surface area contributed by atoms with Crippen molar-refractivity contribution in [2.75, 3.05) is 19.0 Å². The van der Waals surface area contributed by atoms with Gasteiger partial charge in [0.25, 0.3) is 5.91 Å². The lowest BCUT2D eigenvalue weighted by atomic mass is 10.2. The van der Waals surface area contributed by atoms with E-state index in [0.717, 1.165) is 27.9 Å². The average Bonchev–Trinajstić information content (AvgIpc) is 2.73. The standard InChI is InChI=1S/C15H16N2O3S2/c1-9(14(19)20)17-13(18)12(22-15(17)21)8-10-4-6-11(7-5-10)16(2)3/h4-9H,1-3H3,(H,19,20)/b12-8-. The third-order valence-corrected chi connectivity index (χ3v) is 4.61. The van der Waals surface area contributed by atoms with Crippen molar-refractivity contribution in [3.05, 3.63) is 34.7 Å². The van der Waals surface area contributed by atoms with E-state index in [9.17, 15) is 9.59 Å². The number of carbonyl (C=O) groups is 2. The molecule has 2 rings (SSSR count). The van der Waals surface area contributed by atoms with Gasteiger partial charge < -0.3 is 10.0 Å². The summed E-state index contributed by atoms with van der Waals surface area (Å²) in [6.07, 6.45) is 1.73. The first-order valence-corrected chi connectivity index (χ1v) is 7.81. The molecule has 0 bridgehead atoms. The number of carbonyl (C=O) groups excluding carboxylic acids is 1. The van der Waals surface area contributed by atoms with Crippen molar-refractivity contribution >= 4 is 51.9 Å². The van der Waals surface area contributed by atoms with Crippen LogP contribution in [0.5, 0.6) is 0 Å². The van der Waals surface area contributed by atoms with Gasteiger partial charge in [-0.25, -0.2) is 4.79 Å². The van der Waals surface area contributed by atoms with Gasteiger partial charge in [-0.3, -0.25) is 9.69 Å². The number of thiocarbonyl (C=S) groups is 1. The molecule has 1 aromatic carbocycles. The number of hydrogen-bond donors (Lipinski definition) is 1. The van der Waals surface area contributed by atoms with E-state index in [0.29, 0.717) is 4.91 Å². The Morgan fingerprint density at radius 2 is 1.95 bits per heavy atom. The van der Waals surface area contributed by atoms with Gasteiger partial charge >= 0.3 is 5.97 Å². The summed E-state index contributed by atoms with van der Waals surface area (Å²) in [7, 11) is 3.90. The SMILES string of the molecule is CC(C(=O)O)N1C(=O)/C(=C/c2ccc(N(C)C)cc2)SC1=S. The summed E-state index contributed by atoms with van der Waals surface area (Å²) in [5.41, 5.74) is 1.93. The van der Waals surface area contributed by atoms with Crippen LogP contribution in [0.25, 0.3) is 6.08 Å². The fourth-order valence-corrected chi connectivity index (χ4v) is 3.36. The van der Waals surface area contributed by atoms with E-state index in [4.69, 9.17) is 17.3 Å². The summed E-state index contributed by atoms with van der Waals surface area (Å²) >= 11 is 6.25. The van der Waals surface area contributed by atoms with Crippen LogP contribution in [0.2, 0.25) is 0 Å². The minimum absolute atomic E-state index is 0.274. The third kappa shape index (κ3) is 3.31. The molecule has 1 aliphatic heterocycles. The summed E-state index contributed by atoms with van der Waals surface area (Å²) < 4.78 is 0.274. The number of benzene rings is 1. The molecule has 1 heterocycles. The molecule has 1 aromatic rings. The first-order chi connectivity index (χ1) is 10.3. The summed E-state index contributed by atoms with van der Waals surface area (Å²) in [6, 6.07) is 6.75. The Balaban J connectivity index is 2.24. The molecule has 0 radical (unpaired) electrons. The smallest absolute Gasteiger partial charge is 0.326 e. The molecular weight excluding hydrogens is 320 g/mol. The zero-order valence-corrected chi connectivity index (χ0v) is 14.1. The van der Waals surface area contributed by atoms with Crippen LogP contribution in [0.3, 0.4) is 0 Å². The highest BCUT2D eigenvalue weighted by molar-refractivity contribution is 8.26. The van der Waals surface area contributed by atoms with E-state index in [1.165, 1.54) is 6.92 Å².